The number of hydrogen-bond acceptors (Lipinski definition) is 3. The monoisotopic (exact) mass is 335 g/mol. The first-order chi connectivity index (χ1) is 8.18. The van der Waals surface area contributed by atoms with Crippen molar-refractivity contribution in [2.24, 2.45) is 7.05 Å². The molecule has 0 unspecified atom stereocenters. The Kier molecular flexibility index (Phi) is 3.36. The van der Waals surface area contributed by atoms with Gasteiger partial charge in [-0.1, -0.05) is 0 Å². The van der Waals surface area contributed by atoms with Gasteiger partial charge in [-0.05, 0) is 49.5 Å². The summed E-state index contributed by atoms with van der Waals surface area (Å²) in [7, 11) is -1.73. The van der Waals surface area contributed by atoms with Crippen molar-refractivity contribution in [1.29, 1.82) is 0 Å². The van der Waals surface area contributed by atoms with Crippen LogP contribution in [0, 0.1) is 6.92 Å². The van der Waals surface area contributed by atoms with E-state index in [2.05, 4.69) is 20.9 Å². The highest BCUT2D eigenvalue weighted by atomic mass is 79.9. The fraction of sp³-hybridized carbons (Fsp3) is 0.727. The molecule has 1 saturated heterocycles. The van der Waals surface area contributed by atoms with Gasteiger partial charge in [0, 0.05) is 19.1 Å². The molecular weight excluding hydrogens is 318 g/mol. The van der Waals surface area contributed by atoms with Crippen LogP contribution in [0.3, 0.4) is 0 Å². The number of aryl methyl sites for hydroxylation is 1. The predicted octanol–water partition coefficient (Wildman–Crippen LogP) is 2.05. The van der Waals surface area contributed by atoms with Crippen LogP contribution in [0.4, 0.5) is 0 Å². The molecule has 5 nitrogen and oxygen atoms in total. The van der Waals surface area contributed by atoms with Crippen LogP contribution in [0.25, 0.3) is 0 Å². The molecule has 0 radical (unpaired) electrons. The molecule has 0 amide bonds. The quantitative estimate of drug-likeness (QED) is 0.831. The molecule has 0 aliphatic carbocycles. The molecule has 0 spiro atoms. The molecule has 0 atom stereocenters. The van der Waals surface area contributed by atoms with Crippen molar-refractivity contribution < 1.29 is 8.42 Å². The van der Waals surface area contributed by atoms with Crippen molar-refractivity contribution in [3.05, 3.63) is 10.4 Å². The Bertz CT molecular complexity index is 577. The lowest BCUT2D eigenvalue weighted by molar-refractivity contribution is 0.291. The Morgan fingerprint density at radius 1 is 1.39 bits per heavy atom. The second kappa shape index (κ2) is 4.31. The van der Waals surface area contributed by atoms with Gasteiger partial charge in [0.1, 0.15) is 10.4 Å². The van der Waals surface area contributed by atoms with Crippen LogP contribution in [-0.2, 0) is 17.1 Å². The highest BCUT2D eigenvalue weighted by Crippen LogP contribution is 2.35. The van der Waals surface area contributed by atoms with E-state index in [1.807, 2.05) is 13.8 Å². The smallest absolute Gasteiger partial charge is 0.263 e. The molecule has 7 heteroatoms. The molecule has 1 aromatic heterocycles. The van der Waals surface area contributed by atoms with Crippen molar-refractivity contribution in [2.75, 3.05) is 6.54 Å². The Hall–Kier alpha value is -0.400. The number of halogens is 1. The van der Waals surface area contributed by atoms with Crippen LogP contribution in [0.15, 0.2) is 9.63 Å². The third-order valence-corrected chi connectivity index (χ3v) is 6.78. The van der Waals surface area contributed by atoms with Crippen LogP contribution in [0.2, 0.25) is 0 Å². The van der Waals surface area contributed by atoms with Crippen molar-refractivity contribution >= 4 is 26.0 Å². The third-order valence-electron chi connectivity index (χ3n) is 3.58. The molecule has 0 N–H and O–H groups in total. The molecule has 0 saturated carbocycles. The summed E-state index contributed by atoms with van der Waals surface area (Å²) in [5.74, 6) is 0.678. The van der Waals surface area contributed by atoms with E-state index in [0.717, 1.165) is 12.8 Å². The third kappa shape index (κ3) is 2.02. The number of rotatable bonds is 2. The number of hydrogen-bond donors (Lipinski definition) is 0. The molecule has 1 aliphatic rings. The maximum absolute atomic E-state index is 12.7. The summed E-state index contributed by atoms with van der Waals surface area (Å²) in [5.41, 5.74) is -0.330. The summed E-state index contributed by atoms with van der Waals surface area (Å²) in [6, 6.07) is 0. The van der Waals surface area contributed by atoms with E-state index in [4.69, 9.17) is 0 Å². The average molecular weight is 336 g/mol. The molecule has 1 aromatic rings. The number of imidazole rings is 1. The first-order valence-corrected chi connectivity index (χ1v) is 8.13. The zero-order valence-electron chi connectivity index (χ0n) is 11.1. The molecule has 1 fully saturated rings. The van der Waals surface area contributed by atoms with Gasteiger partial charge < -0.3 is 4.57 Å². The highest BCUT2D eigenvalue weighted by Gasteiger charge is 2.43. The summed E-state index contributed by atoms with van der Waals surface area (Å²) in [5, 5.41) is 0.123. The summed E-state index contributed by atoms with van der Waals surface area (Å²) in [6.07, 6.45) is 1.78. The van der Waals surface area contributed by atoms with E-state index in [-0.39, 0.29) is 10.6 Å². The minimum Gasteiger partial charge on any atom is -0.325 e. The Labute approximate surface area is 116 Å². The molecule has 2 heterocycles. The van der Waals surface area contributed by atoms with Gasteiger partial charge in [0.15, 0.2) is 0 Å². The zero-order valence-corrected chi connectivity index (χ0v) is 13.5. The summed E-state index contributed by atoms with van der Waals surface area (Å²) in [6.45, 7) is 6.28. The standard InChI is InChI=1S/C11H18BrN3O2S/c1-8-13-10(9(12)14(8)4)18(16,17)15-7-5-6-11(15,2)3/h5-7H2,1-4H3. The average Bonchev–Trinajstić information content (AvgIpc) is 2.74. The van der Waals surface area contributed by atoms with Crippen molar-refractivity contribution in [3.63, 3.8) is 0 Å². The SMILES string of the molecule is Cc1nc(S(=O)(=O)N2CCCC2(C)C)c(Br)n1C. The van der Waals surface area contributed by atoms with E-state index in [0.29, 0.717) is 17.0 Å². The Morgan fingerprint density at radius 2 is 2.00 bits per heavy atom. The molecule has 2 rings (SSSR count). The number of aromatic nitrogens is 2. The van der Waals surface area contributed by atoms with Crippen LogP contribution < -0.4 is 0 Å². The van der Waals surface area contributed by atoms with Gasteiger partial charge in [0.25, 0.3) is 10.0 Å². The second-order valence-electron chi connectivity index (χ2n) is 5.31. The minimum absolute atomic E-state index is 0.123. The van der Waals surface area contributed by atoms with E-state index in [1.54, 1.807) is 22.8 Å². The normalized spacial score (nSPS) is 20.5. The van der Waals surface area contributed by atoms with Gasteiger partial charge in [-0.15, -0.1) is 0 Å². The summed E-state index contributed by atoms with van der Waals surface area (Å²) in [4.78, 5) is 4.18. The molecule has 18 heavy (non-hydrogen) atoms. The number of nitrogens with zero attached hydrogens (tertiary/aromatic N) is 3. The number of sulfonamides is 1. The lowest BCUT2D eigenvalue weighted by Crippen LogP contribution is -2.42. The van der Waals surface area contributed by atoms with Crippen molar-refractivity contribution in [1.82, 2.24) is 13.9 Å². The second-order valence-corrected chi connectivity index (χ2v) is 7.84. The molecule has 102 valence electrons. The topological polar surface area (TPSA) is 55.2 Å². The largest absolute Gasteiger partial charge is 0.325 e. The minimum atomic E-state index is -3.52. The van der Waals surface area contributed by atoms with Gasteiger partial charge in [0.2, 0.25) is 5.03 Å². The molecule has 0 bridgehead atoms. The molecular formula is C11H18BrN3O2S. The highest BCUT2D eigenvalue weighted by molar-refractivity contribution is 9.10. The van der Waals surface area contributed by atoms with Gasteiger partial charge in [0.05, 0.1) is 0 Å². The van der Waals surface area contributed by atoms with Crippen LogP contribution in [0.5, 0.6) is 0 Å². The fourth-order valence-electron chi connectivity index (χ4n) is 2.35. The maximum Gasteiger partial charge on any atom is 0.263 e. The van der Waals surface area contributed by atoms with Gasteiger partial charge >= 0.3 is 0 Å². The van der Waals surface area contributed by atoms with Crippen LogP contribution >= 0.6 is 15.9 Å². The van der Waals surface area contributed by atoms with Gasteiger partial charge in [-0.3, -0.25) is 0 Å². The predicted molar refractivity (Wildman–Crippen MR) is 72.8 cm³/mol. The van der Waals surface area contributed by atoms with Crippen LogP contribution in [0.1, 0.15) is 32.5 Å². The van der Waals surface area contributed by atoms with Gasteiger partial charge in [-0.25, -0.2) is 13.4 Å². The Morgan fingerprint density at radius 3 is 2.39 bits per heavy atom. The van der Waals surface area contributed by atoms with Crippen molar-refractivity contribution in [2.45, 2.75) is 44.2 Å². The van der Waals surface area contributed by atoms with E-state index < -0.39 is 10.0 Å². The molecule has 0 aromatic carbocycles. The van der Waals surface area contributed by atoms with E-state index in [1.165, 1.54) is 0 Å². The lowest BCUT2D eigenvalue weighted by Gasteiger charge is -2.29. The zero-order chi connectivity index (χ0) is 13.7. The first kappa shape index (κ1) is 14.0. The fourth-order valence-corrected chi connectivity index (χ4v) is 5.23. The van der Waals surface area contributed by atoms with E-state index in [9.17, 15) is 8.42 Å². The van der Waals surface area contributed by atoms with Crippen molar-refractivity contribution in [3.8, 4) is 0 Å². The van der Waals surface area contributed by atoms with Gasteiger partial charge in [-0.2, -0.15) is 4.31 Å². The van der Waals surface area contributed by atoms with E-state index >= 15 is 0 Å². The maximum atomic E-state index is 12.7. The van der Waals surface area contributed by atoms with Crippen LogP contribution in [-0.4, -0.2) is 34.4 Å². The summed E-state index contributed by atoms with van der Waals surface area (Å²) >= 11 is 3.32. The summed E-state index contributed by atoms with van der Waals surface area (Å²) < 4.78 is 29.1. The lowest BCUT2D eigenvalue weighted by atomic mass is 10.0. The molecule has 1 aliphatic heterocycles. The first-order valence-electron chi connectivity index (χ1n) is 5.89. The Balaban J connectivity index is 2.52.